The lowest BCUT2D eigenvalue weighted by Crippen LogP contribution is -2.39. The van der Waals surface area contributed by atoms with Crippen LogP contribution in [0.4, 0.5) is 0 Å². The largest absolute Gasteiger partial charge is 0.481 e. The topological polar surface area (TPSA) is 77.8 Å². The van der Waals surface area contributed by atoms with Crippen molar-refractivity contribution in [2.75, 3.05) is 19.7 Å². The highest BCUT2D eigenvalue weighted by atomic mass is 16.4. The predicted octanol–water partition coefficient (Wildman–Crippen LogP) is 0.964. The van der Waals surface area contributed by atoms with Crippen LogP contribution >= 0.6 is 0 Å². The van der Waals surface area contributed by atoms with Crippen molar-refractivity contribution in [1.82, 2.24) is 4.90 Å². The Morgan fingerprint density at radius 3 is 2.39 bits per heavy atom. The molecule has 3 unspecified atom stereocenters. The number of hydrogen-bond acceptors (Lipinski definition) is 3. The van der Waals surface area contributed by atoms with E-state index in [1.165, 1.54) is 0 Å². The molecule has 1 aliphatic rings. The van der Waals surface area contributed by atoms with Crippen LogP contribution in [0.15, 0.2) is 0 Å². The van der Waals surface area contributed by atoms with Crippen LogP contribution in [0.5, 0.6) is 0 Å². The van der Waals surface area contributed by atoms with Gasteiger partial charge in [0.25, 0.3) is 0 Å². The molecule has 0 aromatic heterocycles. The molecule has 5 nitrogen and oxygen atoms in total. The molecule has 104 valence electrons. The van der Waals surface area contributed by atoms with E-state index in [9.17, 15) is 14.7 Å². The molecule has 5 heteroatoms. The summed E-state index contributed by atoms with van der Waals surface area (Å²) < 4.78 is 0. The van der Waals surface area contributed by atoms with Gasteiger partial charge in [-0.1, -0.05) is 6.92 Å². The van der Waals surface area contributed by atoms with Crippen molar-refractivity contribution in [2.45, 2.75) is 33.1 Å². The van der Waals surface area contributed by atoms with E-state index < -0.39 is 17.8 Å². The first-order valence-electron chi connectivity index (χ1n) is 6.63. The molecule has 0 heterocycles. The Morgan fingerprint density at radius 1 is 1.28 bits per heavy atom. The van der Waals surface area contributed by atoms with Gasteiger partial charge in [0.05, 0.1) is 11.8 Å². The Kier molecular flexibility index (Phi) is 5.59. The molecule has 1 fully saturated rings. The molecule has 0 saturated heterocycles. The lowest BCUT2D eigenvalue weighted by atomic mass is 9.94. The maximum atomic E-state index is 12.3. The number of aliphatic hydroxyl groups is 1. The molecule has 0 aromatic carbocycles. The second kappa shape index (κ2) is 6.73. The van der Waals surface area contributed by atoms with Crippen LogP contribution in [0, 0.1) is 17.8 Å². The summed E-state index contributed by atoms with van der Waals surface area (Å²) >= 11 is 0. The highest BCUT2D eigenvalue weighted by molar-refractivity contribution is 5.85. The van der Waals surface area contributed by atoms with Crippen LogP contribution in [-0.2, 0) is 9.59 Å². The fraction of sp³-hybridized carbons (Fsp3) is 0.846. The first kappa shape index (κ1) is 15.0. The number of carbonyl (C=O) groups is 2. The number of carbonyl (C=O) groups excluding carboxylic acids is 1. The molecule has 1 aliphatic carbocycles. The van der Waals surface area contributed by atoms with Gasteiger partial charge < -0.3 is 15.1 Å². The van der Waals surface area contributed by atoms with Gasteiger partial charge in [0.2, 0.25) is 5.91 Å². The molecule has 3 atom stereocenters. The average Bonchev–Trinajstić information content (AvgIpc) is 2.72. The second-order valence-corrected chi connectivity index (χ2v) is 5.12. The van der Waals surface area contributed by atoms with Crippen molar-refractivity contribution >= 4 is 11.9 Å². The van der Waals surface area contributed by atoms with Crippen molar-refractivity contribution < 1.29 is 19.8 Å². The van der Waals surface area contributed by atoms with E-state index in [4.69, 9.17) is 5.11 Å². The van der Waals surface area contributed by atoms with Gasteiger partial charge in [-0.2, -0.15) is 0 Å². The molecule has 1 saturated carbocycles. The molecule has 0 aromatic rings. The molecule has 0 radical (unpaired) electrons. The minimum absolute atomic E-state index is 0.0488. The van der Waals surface area contributed by atoms with E-state index in [1.54, 1.807) is 4.90 Å². The van der Waals surface area contributed by atoms with E-state index in [0.29, 0.717) is 32.4 Å². The summed E-state index contributed by atoms with van der Waals surface area (Å²) in [6.45, 7) is 4.99. The van der Waals surface area contributed by atoms with Crippen LogP contribution in [0.3, 0.4) is 0 Å². The third kappa shape index (κ3) is 3.45. The lowest BCUT2D eigenvalue weighted by molar-refractivity contribution is -0.149. The third-order valence-corrected chi connectivity index (χ3v) is 3.71. The average molecular weight is 257 g/mol. The summed E-state index contributed by atoms with van der Waals surface area (Å²) in [5.74, 6) is -1.58. The fourth-order valence-electron chi connectivity index (χ4n) is 2.76. The number of amides is 1. The zero-order valence-corrected chi connectivity index (χ0v) is 11.1. The summed E-state index contributed by atoms with van der Waals surface area (Å²) in [4.78, 5) is 25.2. The Labute approximate surface area is 108 Å². The van der Waals surface area contributed by atoms with Crippen LogP contribution in [-0.4, -0.2) is 46.7 Å². The first-order valence-corrected chi connectivity index (χ1v) is 6.63. The first-order chi connectivity index (χ1) is 8.51. The minimum Gasteiger partial charge on any atom is -0.481 e. The zero-order chi connectivity index (χ0) is 13.7. The van der Waals surface area contributed by atoms with Gasteiger partial charge in [-0.05, 0) is 32.1 Å². The highest BCUT2D eigenvalue weighted by Gasteiger charge is 2.42. The number of aliphatic carboxylic acids is 1. The van der Waals surface area contributed by atoms with Gasteiger partial charge in [0.1, 0.15) is 0 Å². The summed E-state index contributed by atoms with van der Waals surface area (Å²) in [7, 11) is 0. The lowest BCUT2D eigenvalue weighted by Gasteiger charge is -2.25. The molecule has 0 aliphatic heterocycles. The number of hydrogen-bond donors (Lipinski definition) is 2. The van der Waals surface area contributed by atoms with Gasteiger partial charge in [0.15, 0.2) is 0 Å². The molecule has 1 rings (SSSR count). The maximum Gasteiger partial charge on any atom is 0.307 e. The van der Waals surface area contributed by atoms with E-state index >= 15 is 0 Å². The van der Waals surface area contributed by atoms with Crippen molar-refractivity contribution in [3.8, 4) is 0 Å². The van der Waals surface area contributed by atoms with Gasteiger partial charge >= 0.3 is 5.97 Å². The van der Waals surface area contributed by atoms with Gasteiger partial charge in [-0.15, -0.1) is 0 Å². The van der Waals surface area contributed by atoms with Crippen LogP contribution in [0.1, 0.15) is 33.1 Å². The van der Waals surface area contributed by atoms with Crippen molar-refractivity contribution in [3.63, 3.8) is 0 Å². The Morgan fingerprint density at radius 2 is 1.89 bits per heavy atom. The van der Waals surface area contributed by atoms with E-state index in [2.05, 4.69) is 0 Å². The number of nitrogens with zero attached hydrogens (tertiary/aromatic N) is 1. The highest BCUT2D eigenvalue weighted by Crippen LogP contribution is 2.37. The van der Waals surface area contributed by atoms with Gasteiger partial charge in [-0.25, -0.2) is 0 Å². The normalized spacial score (nSPS) is 27.2. The molecular weight excluding hydrogens is 234 g/mol. The van der Waals surface area contributed by atoms with E-state index in [0.717, 1.165) is 0 Å². The second-order valence-electron chi connectivity index (χ2n) is 5.12. The van der Waals surface area contributed by atoms with Crippen LogP contribution < -0.4 is 0 Å². The maximum absolute atomic E-state index is 12.3. The standard InChI is InChI=1S/C13H23NO4/c1-3-14(5-4-6-15)12(16)10-7-9(2)8-11(10)13(17)18/h9-11,15H,3-8H2,1-2H3,(H,17,18). The minimum atomic E-state index is -0.865. The summed E-state index contributed by atoms with van der Waals surface area (Å²) in [5, 5.41) is 18.0. The number of carboxylic acid groups (broad SMARTS) is 1. The predicted molar refractivity (Wildman–Crippen MR) is 67.0 cm³/mol. The number of rotatable bonds is 6. The molecule has 18 heavy (non-hydrogen) atoms. The molecule has 1 amide bonds. The Bertz CT molecular complexity index is 305. The molecule has 2 N–H and O–H groups in total. The fourth-order valence-corrected chi connectivity index (χ4v) is 2.76. The van der Waals surface area contributed by atoms with Crippen molar-refractivity contribution in [2.24, 2.45) is 17.8 Å². The quantitative estimate of drug-likeness (QED) is 0.743. The summed E-state index contributed by atoms with van der Waals surface area (Å²) in [5.41, 5.74) is 0. The Hall–Kier alpha value is -1.10. The van der Waals surface area contributed by atoms with Crippen LogP contribution in [0.25, 0.3) is 0 Å². The van der Waals surface area contributed by atoms with Crippen LogP contribution in [0.2, 0.25) is 0 Å². The monoisotopic (exact) mass is 257 g/mol. The van der Waals surface area contributed by atoms with Gasteiger partial charge in [-0.3, -0.25) is 9.59 Å². The summed E-state index contributed by atoms with van der Waals surface area (Å²) in [6, 6.07) is 0. The van der Waals surface area contributed by atoms with Crippen molar-refractivity contribution in [1.29, 1.82) is 0 Å². The third-order valence-electron chi connectivity index (χ3n) is 3.71. The smallest absolute Gasteiger partial charge is 0.307 e. The number of carboxylic acids is 1. The molecule has 0 spiro atoms. The SMILES string of the molecule is CCN(CCCO)C(=O)C1CC(C)CC1C(=O)O. The van der Waals surface area contributed by atoms with Gasteiger partial charge in [0, 0.05) is 19.7 Å². The molecule has 0 bridgehead atoms. The number of aliphatic hydroxyl groups excluding tert-OH is 1. The summed E-state index contributed by atoms with van der Waals surface area (Å²) in [6.07, 6.45) is 1.79. The zero-order valence-electron chi connectivity index (χ0n) is 11.1. The van der Waals surface area contributed by atoms with Crippen molar-refractivity contribution in [3.05, 3.63) is 0 Å². The van der Waals surface area contributed by atoms with E-state index in [-0.39, 0.29) is 18.4 Å². The molecular formula is C13H23NO4. The van der Waals surface area contributed by atoms with E-state index in [1.807, 2.05) is 13.8 Å². The Balaban J connectivity index is 2.70.